The van der Waals surface area contributed by atoms with Crippen LogP contribution in [0, 0.1) is 0 Å². The van der Waals surface area contributed by atoms with Crippen molar-refractivity contribution in [3.63, 3.8) is 0 Å². The van der Waals surface area contributed by atoms with Gasteiger partial charge in [-0.3, -0.25) is 0 Å². The Morgan fingerprint density at radius 1 is 1.11 bits per heavy atom. The topological polar surface area (TPSA) is 57.4 Å². The predicted octanol–water partition coefficient (Wildman–Crippen LogP) is 4.42. The molecule has 27 heavy (non-hydrogen) atoms. The average Bonchev–Trinajstić information content (AvgIpc) is 3.20. The van der Waals surface area contributed by atoms with Gasteiger partial charge in [0.2, 0.25) is 11.8 Å². The van der Waals surface area contributed by atoms with E-state index in [4.69, 9.17) is 9.57 Å². The molecule has 3 heterocycles. The SMILES string of the molecule is CC1CC(Oc2cc3ccccn3n2)=NO1.FC(F)(F)Oc1ccccc1. The van der Waals surface area contributed by atoms with Gasteiger partial charge in [0.1, 0.15) is 11.9 Å². The molecule has 2 aromatic heterocycles. The number of hydrogen-bond acceptors (Lipinski definition) is 5. The minimum absolute atomic E-state index is 0.0898. The molecule has 142 valence electrons. The molecule has 1 aliphatic rings. The fourth-order valence-corrected chi connectivity index (χ4v) is 2.24. The van der Waals surface area contributed by atoms with Crippen molar-refractivity contribution < 1.29 is 27.5 Å². The van der Waals surface area contributed by atoms with E-state index in [1.54, 1.807) is 10.6 Å². The van der Waals surface area contributed by atoms with Crippen LogP contribution in [0.15, 0.2) is 65.9 Å². The maximum absolute atomic E-state index is 11.5. The minimum atomic E-state index is -4.60. The van der Waals surface area contributed by atoms with Gasteiger partial charge in [0.25, 0.3) is 0 Å². The maximum Gasteiger partial charge on any atom is 0.573 e. The fourth-order valence-electron chi connectivity index (χ4n) is 2.24. The monoisotopic (exact) mass is 379 g/mol. The molecule has 0 spiro atoms. The lowest BCUT2D eigenvalue weighted by molar-refractivity contribution is -0.274. The van der Waals surface area contributed by atoms with Crippen molar-refractivity contribution >= 4 is 11.4 Å². The molecule has 4 rings (SSSR count). The summed E-state index contributed by atoms with van der Waals surface area (Å²) in [5.74, 6) is 0.929. The molecule has 0 N–H and O–H groups in total. The second-order valence-corrected chi connectivity index (χ2v) is 5.62. The highest BCUT2D eigenvalue weighted by molar-refractivity contribution is 5.79. The van der Waals surface area contributed by atoms with Crippen LogP contribution < -0.4 is 9.47 Å². The lowest BCUT2D eigenvalue weighted by Gasteiger charge is -2.07. The Hall–Kier alpha value is -3.23. The summed E-state index contributed by atoms with van der Waals surface area (Å²) in [5, 5.41) is 8.09. The van der Waals surface area contributed by atoms with Gasteiger partial charge in [-0.15, -0.1) is 18.3 Å². The van der Waals surface area contributed by atoms with E-state index in [0.717, 1.165) is 5.52 Å². The maximum atomic E-state index is 11.5. The number of halogens is 3. The number of alkyl halides is 3. The first-order valence-corrected chi connectivity index (χ1v) is 8.05. The summed E-state index contributed by atoms with van der Waals surface area (Å²) < 4.78 is 45.4. The molecule has 1 atom stereocenters. The predicted molar refractivity (Wildman–Crippen MR) is 91.5 cm³/mol. The number of para-hydroxylation sites is 1. The Balaban J connectivity index is 0.000000168. The van der Waals surface area contributed by atoms with Gasteiger partial charge in [-0.25, -0.2) is 4.52 Å². The Bertz CT molecular complexity index is 877. The summed E-state index contributed by atoms with van der Waals surface area (Å²) >= 11 is 0. The molecular formula is C18H16F3N3O3. The molecule has 1 aromatic carbocycles. The second kappa shape index (κ2) is 7.98. The van der Waals surface area contributed by atoms with Crippen LogP contribution >= 0.6 is 0 Å². The molecule has 6 nitrogen and oxygen atoms in total. The van der Waals surface area contributed by atoms with Gasteiger partial charge < -0.3 is 14.3 Å². The van der Waals surface area contributed by atoms with Gasteiger partial charge in [0, 0.05) is 12.3 Å². The largest absolute Gasteiger partial charge is 0.573 e. The van der Waals surface area contributed by atoms with Gasteiger partial charge in [0.05, 0.1) is 11.9 Å². The number of nitrogens with zero attached hydrogens (tertiary/aromatic N) is 3. The van der Waals surface area contributed by atoms with Crippen LogP contribution in [0.4, 0.5) is 13.2 Å². The van der Waals surface area contributed by atoms with Gasteiger partial charge in [-0.2, -0.15) is 0 Å². The Kier molecular flexibility index (Phi) is 5.49. The van der Waals surface area contributed by atoms with Crippen molar-refractivity contribution in [2.24, 2.45) is 5.16 Å². The normalized spacial score (nSPS) is 16.1. The highest BCUT2D eigenvalue weighted by Crippen LogP contribution is 2.21. The van der Waals surface area contributed by atoms with Crippen LogP contribution in [0.1, 0.15) is 13.3 Å². The van der Waals surface area contributed by atoms with Crippen molar-refractivity contribution in [3.8, 4) is 11.6 Å². The van der Waals surface area contributed by atoms with E-state index in [0.29, 0.717) is 18.2 Å². The summed E-state index contributed by atoms with van der Waals surface area (Å²) in [4.78, 5) is 5.04. The molecule has 1 unspecified atom stereocenters. The van der Waals surface area contributed by atoms with E-state index in [9.17, 15) is 13.2 Å². The minimum Gasteiger partial charge on any atom is -0.420 e. The Morgan fingerprint density at radius 3 is 2.48 bits per heavy atom. The van der Waals surface area contributed by atoms with Crippen LogP contribution in [0.5, 0.6) is 11.6 Å². The lowest BCUT2D eigenvalue weighted by Crippen LogP contribution is -2.16. The number of rotatable bonds is 2. The molecule has 0 fully saturated rings. The first-order chi connectivity index (χ1) is 12.9. The van der Waals surface area contributed by atoms with Crippen LogP contribution in [0.25, 0.3) is 5.52 Å². The number of fused-ring (bicyclic) bond motifs is 1. The molecule has 3 aromatic rings. The van der Waals surface area contributed by atoms with Crippen LogP contribution in [0.3, 0.4) is 0 Å². The summed E-state index contributed by atoms with van der Waals surface area (Å²) in [6, 6.07) is 14.8. The number of hydrogen-bond donors (Lipinski definition) is 0. The van der Waals surface area contributed by atoms with Crippen molar-refractivity contribution in [3.05, 3.63) is 60.8 Å². The Labute approximate surface area is 152 Å². The van der Waals surface area contributed by atoms with Crippen LogP contribution in [-0.2, 0) is 4.84 Å². The quantitative estimate of drug-likeness (QED) is 0.661. The highest BCUT2D eigenvalue weighted by atomic mass is 19.4. The smallest absolute Gasteiger partial charge is 0.420 e. The van der Waals surface area contributed by atoms with Crippen molar-refractivity contribution in [1.29, 1.82) is 0 Å². The number of ether oxygens (including phenoxy) is 2. The van der Waals surface area contributed by atoms with E-state index in [1.807, 2.05) is 37.4 Å². The van der Waals surface area contributed by atoms with Crippen LogP contribution in [-0.4, -0.2) is 28.0 Å². The molecular weight excluding hydrogens is 363 g/mol. The first-order valence-electron chi connectivity index (χ1n) is 8.05. The van der Waals surface area contributed by atoms with E-state index in [1.165, 1.54) is 24.3 Å². The third-order valence-electron chi connectivity index (χ3n) is 3.34. The molecule has 0 amide bonds. The fraction of sp³-hybridized carbons (Fsp3) is 0.222. The van der Waals surface area contributed by atoms with Crippen LogP contribution in [0.2, 0.25) is 0 Å². The molecule has 0 saturated carbocycles. The lowest BCUT2D eigenvalue weighted by atomic mass is 10.3. The van der Waals surface area contributed by atoms with Gasteiger partial charge >= 0.3 is 6.36 Å². The van der Waals surface area contributed by atoms with E-state index in [2.05, 4.69) is 15.0 Å². The summed E-state index contributed by atoms with van der Waals surface area (Å²) in [6.07, 6.45) is -1.94. The third kappa shape index (κ3) is 5.63. The van der Waals surface area contributed by atoms with Crippen molar-refractivity contribution in [1.82, 2.24) is 9.61 Å². The first kappa shape index (κ1) is 18.6. The van der Waals surface area contributed by atoms with Crippen molar-refractivity contribution in [2.45, 2.75) is 25.8 Å². The number of oxime groups is 1. The van der Waals surface area contributed by atoms with E-state index >= 15 is 0 Å². The molecule has 0 radical (unpaired) electrons. The molecule has 1 aliphatic heterocycles. The zero-order valence-electron chi connectivity index (χ0n) is 14.3. The van der Waals surface area contributed by atoms with Crippen molar-refractivity contribution in [2.75, 3.05) is 0 Å². The zero-order valence-corrected chi connectivity index (χ0v) is 14.3. The number of pyridine rings is 1. The highest BCUT2D eigenvalue weighted by Gasteiger charge is 2.30. The third-order valence-corrected chi connectivity index (χ3v) is 3.34. The van der Waals surface area contributed by atoms with Gasteiger partial charge in [-0.1, -0.05) is 29.4 Å². The zero-order chi connectivity index (χ0) is 19.3. The standard InChI is InChI=1S/C11H11N3O2.C7H5F3O/c1-8-6-11(13-16-8)15-10-7-9-4-2-3-5-14(9)12-10;8-7(9,10)11-6-4-2-1-3-5-6/h2-5,7-8H,6H2,1H3;1-5H. The average molecular weight is 379 g/mol. The molecule has 0 saturated heterocycles. The summed E-state index contributed by atoms with van der Waals surface area (Å²) in [5.41, 5.74) is 0.991. The number of benzene rings is 1. The second-order valence-electron chi connectivity index (χ2n) is 5.62. The van der Waals surface area contributed by atoms with Gasteiger partial charge in [-0.05, 0) is 31.2 Å². The number of aromatic nitrogens is 2. The van der Waals surface area contributed by atoms with E-state index < -0.39 is 6.36 Å². The molecule has 0 aliphatic carbocycles. The van der Waals surface area contributed by atoms with Gasteiger partial charge in [0.15, 0.2) is 0 Å². The summed E-state index contributed by atoms with van der Waals surface area (Å²) in [7, 11) is 0. The molecule has 0 bridgehead atoms. The molecule has 9 heteroatoms. The van der Waals surface area contributed by atoms with E-state index in [-0.39, 0.29) is 11.9 Å². The Morgan fingerprint density at radius 2 is 1.85 bits per heavy atom. The summed E-state index contributed by atoms with van der Waals surface area (Å²) in [6.45, 7) is 1.95.